The Morgan fingerprint density at radius 3 is 2.57 bits per heavy atom. The maximum Gasteiger partial charge on any atom is 0.237 e. The first kappa shape index (κ1) is 18.0. The Morgan fingerprint density at radius 2 is 1.96 bits per heavy atom. The molecule has 4 heteroatoms. The summed E-state index contributed by atoms with van der Waals surface area (Å²) in [6, 6.07) is 10.5. The summed E-state index contributed by atoms with van der Waals surface area (Å²) in [4.78, 5) is 14.6. The quantitative estimate of drug-likeness (QED) is 0.810. The fraction of sp³-hybridized carbons (Fsp3) is 0.632. The molecule has 0 radical (unpaired) electrons. The summed E-state index contributed by atoms with van der Waals surface area (Å²) in [7, 11) is 0. The van der Waals surface area contributed by atoms with Crippen LogP contribution in [-0.2, 0) is 11.2 Å². The number of nitrogens with two attached hydrogens (primary N) is 1. The lowest BCUT2D eigenvalue weighted by Crippen LogP contribution is -2.51. The van der Waals surface area contributed by atoms with Crippen molar-refractivity contribution in [1.29, 1.82) is 0 Å². The molecule has 1 aliphatic heterocycles. The zero-order valence-corrected chi connectivity index (χ0v) is 14.5. The largest absolute Gasteiger partial charge is 0.352 e. The van der Waals surface area contributed by atoms with Crippen LogP contribution in [0.4, 0.5) is 0 Å². The van der Waals surface area contributed by atoms with Gasteiger partial charge in [0.1, 0.15) is 0 Å². The van der Waals surface area contributed by atoms with Gasteiger partial charge in [-0.1, -0.05) is 50.6 Å². The normalized spacial score (nSPS) is 19.3. The lowest BCUT2D eigenvalue weighted by atomic mass is 9.98. The third-order valence-corrected chi connectivity index (χ3v) is 5.05. The molecular weight excluding hydrogens is 286 g/mol. The fourth-order valence-electron chi connectivity index (χ4n) is 3.04. The number of nitrogens with one attached hydrogen (secondary N) is 1. The Bertz CT molecular complexity index is 469. The van der Waals surface area contributed by atoms with Crippen molar-refractivity contribution in [3.05, 3.63) is 35.9 Å². The van der Waals surface area contributed by atoms with Crippen molar-refractivity contribution in [2.45, 2.75) is 51.6 Å². The molecule has 0 aromatic heterocycles. The summed E-state index contributed by atoms with van der Waals surface area (Å²) < 4.78 is 0. The van der Waals surface area contributed by atoms with E-state index in [9.17, 15) is 4.79 Å². The van der Waals surface area contributed by atoms with E-state index in [2.05, 4.69) is 47.5 Å². The number of piperidine rings is 1. The first-order chi connectivity index (χ1) is 11.1. The van der Waals surface area contributed by atoms with Crippen LogP contribution in [0, 0.1) is 5.92 Å². The Hall–Kier alpha value is -1.39. The second-order valence-electron chi connectivity index (χ2n) is 6.77. The Morgan fingerprint density at radius 1 is 1.30 bits per heavy atom. The van der Waals surface area contributed by atoms with Gasteiger partial charge in [-0.15, -0.1) is 0 Å². The van der Waals surface area contributed by atoms with Crippen LogP contribution in [-0.4, -0.2) is 42.5 Å². The van der Waals surface area contributed by atoms with Crippen LogP contribution < -0.4 is 11.1 Å². The number of carbonyl (C=O) groups is 1. The van der Waals surface area contributed by atoms with E-state index in [1.807, 2.05) is 6.92 Å². The molecule has 1 aromatic carbocycles. The lowest BCUT2D eigenvalue weighted by Gasteiger charge is -2.33. The van der Waals surface area contributed by atoms with E-state index in [1.54, 1.807) is 0 Å². The molecule has 0 spiro atoms. The van der Waals surface area contributed by atoms with Crippen molar-refractivity contribution >= 4 is 5.91 Å². The van der Waals surface area contributed by atoms with Gasteiger partial charge in [-0.3, -0.25) is 4.79 Å². The average Bonchev–Trinajstić information content (AvgIpc) is 2.60. The highest BCUT2D eigenvalue weighted by molar-refractivity contribution is 5.82. The first-order valence-electron chi connectivity index (χ1n) is 8.92. The van der Waals surface area contributed by atoms with E-state index in [1.165, 1.54) is 5.56 Å². The molecule has 2 rings (SSSR count). The van der Waals surface area contributed by atoms with Crippen molar-refractivity contribution < 1.29 is 4.79 Å². The van der Waals surface area contributed by atoms with E-state index < -0.39 is 0 Å². The summed E-state index contributed by atoms with van der Waals surface area (Å²) in [6.07, 6.45) is 4.07. The third kappa shape index (κ3) is 5.63. The first-order valence-corrected chi connectivity index (χ1v) is 8.92. The number of hydrogen-bond donors (Lipinski definition) is 2. The third-order valence-electron chi connectivity index (χ3n) is 5.05. The van der Waals surface area contributed by atoms with Crippen molar-refractivity contribution in [3.8, 4) is 0 Å². The maximum atomic E-state index is 12.2. The molecule has 1 fully saturated rings. The van der Waals surface area contributed by atoms with E-state index >= 15 is 0 Å². The molecule has 1 aliphatic rings. The number of carbonyl (C=O) groups excluding carboxylic acids is 1. The Kier molecular flexibility index (Phi) is 7.06. The molecule has 2 unspecified atom stereocenters. The minimum Gasteiger partial charge on any atom is -0.352 e. The van der Waals surface area contributed by atoms with Crippen molar-refractivity contribution in [2.24, 2.45) is 11.7 Å². The van der Waals surface area contributed by atoms with Crippen LogP contribution >= 0.6 is 0 Å². The second-order valence-corrected chi connectivity index (χ2v) is 6.77. The smallest absolute Gasteiger partial charge is 0.237 e. The molecule has 23 heavy (non-hydrogen) atoms. The van der Waals surface area contributed by atoms with Gasteiger partial charge in [0.15, 0.2) is 0 Å². The van der Waals surface area contributed by atoms with Crippen molar-refractivity contribution in [2.75, 3.05) is 19.6 Å². The highest BCUT2D eigenvalue weighted by Crippen LogP contribution is 2.13. The molecule has 1 saturated heterocycles. The van der Waals surface area contributed by atoms with E-state index in [-0.39, 0.29) is 23.9 Å². The predicted molar refractivity (Wildman–Crippen MR) is 95.2 cm³/mol. The molecule has 3 N–H and O–H groups in total. The van der Waals surface area contributed by atoms with Crippen molar-refractivity contribution in [3.63, 3.8) is 0 Å². The van der Waals surface area contributed by atoms with Gasteiger partial charge < -0.3 is 16.0 Å². The van der Waals surface area contributed by atoms with Crippen LogP contribution in [0.5, 0.6) is 0 Å². The number of rotatable bonds is 7. The van der Waals surface area contributed by atoms with Gasteiger partial charge in [-0.25, -0.2) is 0 Å². The van der Waals surface area contributed by atoms with Gasteiger partial charge in [-0.2, -0.15) is 0 Å². The topological polar surface area (TPSA) is 58.4 Å². The monoisotopic (exact) mass is 317 g/mol. The lowest BCUT2D eigenvalue weighted by molar-refractivity contribution is -0.124. The van der Waals surface area contributed by atoms with Gasteiger partial charge in [0, 0.05) is 25.7 Å². The summed E-state index contributed by atoms with van der Waals surface area (Å²) in [5.74, 6) is 0.253. The molecule has 1 amide bonds. The number of likely N-dealkylation sites (tertiary alicyclic amines) is 1. The average molecular weight is 317 g/mol. The van der Waals surface area contributed by atoms with Crippen LogP contribution in [0.3, 0.4) is 0 Å². The molecular formula is C19H31N3O. The van der Waals surface area contributed by atoms with Crippen molar-refractivity contribution in [1.82, 2.24) is 10.2 Å². The molecule has 128 valence electrons. The Labute approximate surface area is 140 Å². The molecule has 4 nitrogen and oxygen atoms in total. The number of amides is 1. The standard InChI is InChI=1S/C19H31N3O/c1-3-15(2)18(20)19(23)21-17-10-13-22(14-11-17)12-9-16-7-5-4-6-8-16/h4-8,15,17-18H,3,9-14,20H2,1-2H3,(H,21,23). The highest BCUT2D eigenvalue weighted by atomic mass is 16.2. The summed E-state index contributed by atoms with van der Waals surface area (Å²) >= 11 is 0. The number of nitrogens with zero attached hydrogens (tertiary/aromatic N) is 1. The zero-order chi connectivity index (χ0) is 16.7. The van der Waals surface area contributed by atoms with Gasteiger partial charge in [0.2, 0.25) is 5.91 Å². The number of hydrogen-bond acceptors (Lipinski definition) is 3. The van der Waals surface area contributed by atoms with Gasteiger partial charge >= 0.3 is 0 Å². The van der Waals surface area contributed by atoms with Gasteiger partial charge in [-0.05, 0) is 30.7 Å². The molecule has 1 aromatic rings. The number of benzene rings is 1. The van der Waals surface area contributed by atoms with Crippen LogP contribution in [0.15, 0.2) is 30.3 Å². The summed E-state index contributed by atoms with van der Waals surface area (Å²) in [6.45, 7) is 7.31. The zero-order valence-electron chi connectivity index (χ0n) is 14.5. The minimum atomic E-state index is -0.379. The predicted octanol–water partition coefficient (Wildman–Crippen LogP) is 2.18. The summed E-state index contributed by atoms with van der Waals surface area (Å²) in [5, 5.41) is 3.14. The SMILES string of the molecule is CCC(C)C(N)C(=O)NC1CCN(CCc2ccccc2)CC1. The van der Waals surface area contributed by atoms with E-state index in [0.29, 0.717) is 0 Å². The minimum absolute atomic E-state index is 0.0158. The van der Waals surface area contributed by atoms with Gasteiger partial charge in [0.05, 0.1) is 6.04 Å². The molecule has 0 bridgehead atoms. The molecule has 0 aliphatic carbocycles. The molecule has 0 saturated carbocycles. The van der Waals surface area contributed by atoms with Crippen LogP contribution in [0.25, 0.3) is 0 Å². The van der Waals surface area contributed by atoms with Gasteiger partial charge in [0.25, 0.3) is 0 Å². The van der Waals surface area contributed by atoms with Crippen LogP contribution in [0.2, 0.25) is 0 Å². The molecule has 2 atom stereocenters. The Balaban J connectivity index is 1.68. The summed E-state index contributed by atoms with van der Waals surface area (Å²) in [5.41, 5.74) is 7.40. The van der Waals surface area contributed by atoms with E-state index in [4.69, 9.17) is 5.73 Å². The van der Waals surface area contributed by atoms with Crippen LogP contribution in [0.1, 0.15) is 38.7 Å². The fourth-order valence-corrected chi connectivity index (χ4v) is 3.04. The maximum absolute atomic E-state index is 12.2. The molecule has 1 heterocycles. The highest BCUT2D eigenvalue weighted by Gasteiger charge is 2.24. The van der Waals surface area contributed by atoms with E-state index in [0.717, 1.165) is 45.3 Å². The second kappa shape index (κ2) is 9.04.